The summed E-state index contributed by atoms with van der Waals surface area (Å²) in [5.41, 5.74) is 8.20. The van der Waals surface area contributed by atoms with Crippen molar-refractivity contribution in [3.05, 3.63) is 113 Å². The minimum absolute atomic E-state index is 0.0773. The van der Waals surface area contributed by atoms with Crippen LogP contribution in [0.25, 0.3) is 17.2 Å². The van der Waals surface area contributed by atoms with Crippen molar-refractivity contribution in [2.75, 3.05) is 50.7 Å². The van der Waals surface area contributed by atoms with E-state index in [0.717, 1.165) is 90.6 Å². The van der Waals surface area contributed by atoms with E-state index in [1.807, 2.05) is 43.3 Å². The van der Waals surface area contributed by atoms with E-state index in [4.69, 9.17) is 18.9 Å². The third kappa shape index (κ3) is 10.0. The molecular weight excluding hydrogens is 650 g/mol. The molecule has 2 heterocycles. The lowest BCUT2D eigenvalue weighted by molar-refractivity contribution is -0.112. The molecule has 2 aliphatic heterocycles. The molecule has 2 aliphatic rings. The van der Waals surface area contributed by atoms with Crippen LogP contribution in [0.4, 0.5) is 11.4 Å². The fourth-order valence-electron chi connectivity index (χ4n) is 6.86. The van der Waals surface area contributed by atoms with Gasteiger partial charge in [-0.2, -0.15) is 0 Å². The lowest BCUT2D eigenvalue weighted by atomic mass is 10.00. The second-order valence-corrected chi connectivity index (χ2v) is 13.8. The van der Waals surface area contributed by atoms with Crippen LogP contribution in [0, 0.1) is 0 Å². The number of methoxy groups -OCH3 is 1. The second-order valence-electron chi connectivity index (χ2n) is 13.8. The molecule has 1 amide bonds. The SMILES string of the molecule is CCCCOC(C)Oc1ccc(-c2ccc3c(c2)C=C(C(=O)Nc2ccc(CN(C)C4CCOCC4)cc2)CCN3Cc2ccc(OC)cc2)cc1. The molecule has 1 atom stereocenters. The first-order valence-electron chi connectivity index (χ1n) is 18.7. The van der Waals surface area contributed by atoms with E-state index in [9.17, 15) is 4.79 Å². The second kappa shape index (κ2) is 18.2. The molecule has 0 bridgehead atoms. The number of nitrogens with one attached hydrogen (secondary N) is 1. The van der Waals surface area contributed by atoms with E-state index >= 15 is 0 Å². The molecule has 0 aliphatic carbocycles. The molecule has 274 valence electrons. The summed E-state index contributed by atoms with van der Waals surface area (Å²) in [7, 11) is 3.86. The average Bonchev–Trinajstić information content (AvgIpc) is 3.35. The third-order valence-corrected chi connectivity index (χ3v) is 9.97. The Morgan fingerprint density at radius 1 is 0.923 bits per heavy atom. The highest BCUT2D eigenvalue weighted by molar-refractivity contribution is 6.07. The van der Waals surface area contributed by atoms with Crippen LogP contribution in [0.2, 0.25) is 0 Å². The van der Waals surface area contributed by atoms with Crippen molar-refractivity contribution in [1.29, 1.82) is 0 Å². The largest absolute Gasteiger partial charge is 0.497 e. The molecule has 4 aromatic rings. The van der Waals surface area contributed by atoms with Gasteiger partial charge in [-0.25, -0.2) is 0 Å². The predicted octanol–water partition coefficient (Wildman–Crippen LogP) is 8.95. The van der Waals surface area contributed by atoms with Crippen LogP contribution in [0.5, 0.6) is 11.5 Å². The Morgan fingerprint density at radius 3 is 2.33 bits per heavy atom. The number of hydrogen-bond donors (Lipinski definition) is 1. The molecule has 0 saturated carbocycles. The molecular formula is C44H53N3O5. The van der Waals surface area contributed by atoms with Gasteiger partial charge in [0, 0.05) is 55.8 Å². The zero-order valence-corrected chi connectivity index (χ0v) is 31.1. The number of ether oxygens (including phenoxy) is 4. The number of rotatable bonds is 15. The van der Waals surface area contributed by atoms with Crippen LogP contribution in [-0.4, -0.2) is 63.7 Å². The maximum absolute atomic E-state index is 13.8. The first-order chi connectivity index (χ1) is 25.4. The fraction of sp³-hybridized carbons (Fsp3) is 0.386. The maximum atomic E-state index is 13.8. The van der Waals surface area contributed by atoms with Gasteiger partial charge in [-0.1, -0.05) is 55.8 Å². The summed E-state index contributed by atoms with van der Waals surface area (Å²) in [5.74, 6) is 1.53. The number of carbonyl (C=O) groups is 1. The van der Waals surface area contributed by atoms with Gasteiger partial charge in [0.1, 0.15) is 11.5 Å². The smallest absolute Gasteiger partial charge is 0.251 e. The monoisotopic (exact) mass is 703 g/mol. The van der Waals surface area contributed by atoms with E-state index in [-0.39, 0.29) is 12.2 Å². The first kappa shape index (κ1) is 37.1. The van der Waals surface area contributed by atoms with Crippen molar-refractivity contribution in [2.24, 2.45) is 0 Å². The van der Waals surface area contributed by atoms with Crippen LogP contribution in [0.1, 0.15) is 62.6 Å². The molecule has 52 heavy (non-hydrogen) atoms. The van der Waals surface area contributed by atoms with E-state index in [0.29, 0.717) is 32.2 Å². The summed E-state index contributed by atoms with van der Waals surface area (Å²) < 4.78 is 22.7. The van der Waals surface area contributed by atoms with Crippen LogP contribution >= 0.6 is 0 Å². The summed E-state index contributed by atoms with van der Waals surface area (Å²) in [6.45, 7) is 8.72. The lowest BCUT2D eigenvalue weighted by Gasteiger charge is -2.31. The maximum Gasteiger partial charge on any atom is 0.251 e. The van der Waals surface area contributed by atoms with Gasteiger partial charge < -0.3 is 29.2 Å². The topological polar surface area (TPSA) is 72.5 Å². The highest BCUT2D eigenvalue weighted by Crippen LogP contribution is 2.34. The standard InChI is InChI=1S/C44H53N3O5/c1-5-6-25-51-32(2)52-42-18-11-35(12-19-42)36-13-20-43-38(28-36)29-37(21-24-47(43)31-34-9-16-41(49-4)17-10-34)44(48)45-39-14-7-33(8-15-39)30-46(3)40-22-26-50-27-23-40/h7-20,28-29,32,40H,5-6,21-27,30-31H2,1-4H3,(H,45,48). The first-order valence-corrected chi connectivity index (χ1v) is 18.7. The van der Waals surface area contributed by atoms with Gasteiger partial charge in [0.05, 0.1) is 13.7 Å². The van der Waals surface area contributed by atoms with Gasteiger partial charge in [-0.3, -0.25) is 9.69 Å². The Labute approximate surface area is 309 Å². The van der Waals surface area contributed by atoms with Gasteiger partial charge in [0.25, 0.3) is 5.91 Å². The van der Waals surface area contributed by atoms with E-state index in [2.05, 4.69) is 89.8 Å². The number of hydrogen-bond acceptors (Lipinski definition) is 7. The zero-order chi connectivity index (χ0) is 36.3. The van der Waals surface area contributed by atoms with Crippen molar-refractivity contribution >= 4 is 23.4 Å². The van der Waals surface area contributed by atoms with Gasteiger partial charge >= 0.3 is 0 Å². The predicted molar refractivity (Wildman–Crippen MR) is 210 cm³/mol. The summed E-state index contributed by atoms with van der Waals surface area (Å²) >= 11 is 0. The van der Waals surface area contributed by atoms with Gasteiger partial charge in [0.2, 0.25) is 0 Å². The molecule has 1 N–H and O–H groups in total. The summed E-state index contributed by atoms with van der Waals surface area (Å²) in [6.07, 6.45) is 6.61. The summed E-state index contributed by atoms with van der Waals surface area (Å²) in [4.78, 5) is 18.6. The minimum Gasteiger partial charge on any atom is -0.497 e. The Kier molecular flexibility index (Phi) is 13.0. The van der Waals surface area contributed by atoms with Crippen molar-refractivity contribution < 1.29 is 23.7 Å². The Morgan fingerprint density at radius 2 is 1.62 bits per heavy atom. The molecule has 1 unspecified atom stereocenters. The Bertz CT molecular complexity index is 1770. The number of fused-ring (bicyclic) bond motifs is 1. The van der Waals surface area contributed by atoms with Crippen LogP contribution in [0.3, 0.4) is 0 Å². The highest BCUT2D eigenvalue weighted by Gasteiger charge is 2.22. The van der Waals surface area contributed by atoms with Crippen molar-refractivity contribution in [3.8, 4) is 22.6 Å². The number of benzene rings is 4. The molecule has 6 rings (SSSR count). The molecule has 1 saturated heterocycles. The lowest BCUT2D eigenvalue weighted by Crippen LogP contribution is -2.36. The van der Waals surface area contributed by atoms with Gasteiger partial charge in [-0.15, -0.1) is 0 Å². The van der Waals surface area contributed by atoms with Gasteiger partial charge in [0.15, 0.2) is 6.29 Å². The van der Waals surface area contributed by atoms with Crippen LogP contribution in [0.15, 0.2) is 96.6 Å². The highest BCUT2D eigenvalue weighted by atomic mass is 16.7. The third-order valence-electron chi connectivity index (χ3n) is 9.97. The zero-order valence-electron chi connectivity index (χ0n) is 31.1. The number of nitrogens with zero attached hydrogens (tertiary/aromatic N) is 2. The fourth-order valence-corrected chi connectivity index (χ4v) is 6.86. The quantitative estimate of drug-likeness (QED) is 0.0979. The molecule has 0 aromatic heterocycles. The molecule has 0 radical (unpaired) electrons. The molecule has 1 fully saturated rings. The van der Waals surface area contributed by atoms with E-state index in [1.165, 1.54) is 11.1 Å². The van der Waals surface area contributed by atoms with Crippen molar-refractivity contribution in [3.63, 3.8) is 0 Å². The van der Waals surface area contributed by atoms with Crippen LogP contribution < -0.4 is 19.7 Å². The normalized spacial score (nSPS) is 15.4. The van der Waals surface area contributed by atoms with E-state index in [1.54, 1.807) is 7.11 Å². The van der Waals surface area contributed by atoms with Crippen molar-refractivity contribution in [2.45, 2.75) is 71.4 Å². The number of anilines is 2. The van der Waals surface area contributed by atoms with Crippen molar-refractivity contribution in [1.82, 2.24) is 4.90 Å². The number of amides is 1. The Balaban J connectivity index is 1.19. The molecule has 8 heteroatoms. The van der Waals surface area contributed by atoms with Gasteiger partial charge in [-0.05, 0) is 122 Å². The molecule has 8 nitrogen and oxygen atoms in total. The van der Waals surface area contributed by atoms with E-state index < -0.39 is 0 Å². The van der Waals surface area contributed by atoms with Crippen LogP contribution in [-0.2, 0) is 27.4 Å². The minimum atomic E-state index is -0.307. The summed E-state index contributed by atoms with van der Waals surface area (Å²) in [6, 6.07) is 31.6. The number of carbonyl (C=O) groups excluding carboxylic acids is 1. The molecule has 4 aromatic carbocycles. The number of unbranched alkanes of at least 4 members (excludes halogenated alkanes) is 1. The Hall–Kier alpha value is -4.63. The molecule has 0 spiro atoms. The average molecular weight is 704 g/mol. The summed E-state index contributed by atoms with van der Waals surface area (Å²) in [5, 5.41) is 3.18.